The fourth-order valence-electron chi connectivity index (χ4n) is 2.02. The van der Waals surface area contributed by atoms with Gasteiger partial charge >= 0.3 is 5.97 Å². The van der Waals surface area contributed by atoms with Crippen LogP contribution in [0.25, 0.3) is 0 Å². The number of hydrogen-bond acceptors (Lipinski definition) is 2. The number of carbonyl (C=O) groups is 1. The van der Waals surface area contributed by atoms with E-state index >= 15 is 0 Å². The lowest BCUT2D eigenvalue weighted by atomic mass is 9.92. The van der Waals surface area contributed by atoms with Crippen molar-refractivity contribution in [2.75, 3.05) is 5.75 Å². The third-order valence-corrected chi connectivity index (χ3v) is 4.46. The lowest BCUT2D eigenvalue weighted by Crippen LogP contribution is -2.34. The molecule has 0 aromatic heterocycles. The number of hydrogen-bond donors (Lipinski definition) is 1. The summed E-state index contributed by atoms with van der Waals surface area (Å²) < 4.78 is -0.695. The minimum Gasteiger partial charge on any atom is -0.480 e. The Bertz CT molecular complexity index is 342. The van der Waals surface area contributed by atoms with Gasteiger partial charge in [-0.25, -0.2) is 0 Å². The quantitative estimate of drug-likeness (QED) is 0.836. The van der Waals surface area contributed by atoms with Crippen molar-refractivity contribution >= 4 is 17.7 Å². The van der Waals surface area contributed by atoms with Crippen LogP contribution in [0.3, 0.4) is 0 Å². The van der Waals surface area contributed by atoms with Gasteiger partial charge in [0.2, 0.25) is 0 Å². The maximum atomic E-state index is 11.5. The zero-order chi connectivity index (χ0) is 10.7. The molecule has 15 heavy (non-hydrogen) atoms. The molecule has 0 aliphatic carbocycles. The molecular weight excluding hydrogens is 208 g/mol. The van der Waals surface area contributed by atoms with E-state index in [1.807, 2.05) is 30.3 Å². The van der Waals surface area contributed by atoms with E-state index in [4.69, 9.17) is 0 Å². The smallest absolute Gasteiger partial charge is 0.324 e. The van der Waals surface area contributed by atoms with E-state index in [1.165, 1.54) is 0 Å². The molecule has 0 saturated carbocycles. The van der Waals surface area contributed by atoms with Crippen LogP contribution >= 0.6 is 11.8 Å². The molecule has 2 rings (SSSR count). The van der Waals surface area contributed by atoms with Gasteiger partial charge in [0.15, 0.2) is 0 Å². The largest absolute Gasteiger partial charge is 0.480 e. The predicted octanol–water partition coefficient (Wildman–Crippen LogP) is 2.88. The molecule has 1 aromatic carbocycles. The Morgan fingerprint density at radius 2 is 2.00 bits per heavy atom. The number of carboxylic acids is 1. The minimum absolute atomic E-state index is 0.695. The van der Waals surface area contributed by atoms with Crippen LogP contribution in [0.5, 0.6) is 0 Å². The van der Waals surface area contributed by atoms with Crippen molar-refractivity contribution in [3.05, 3.63) is 35.9 Å². The highest BCUT2D eigenvalue weighted by atomic mass is 32.2. The molecular formula is C12H14O2S. The molecule has 0 spiro atoms. The Kier molecular flexibility index (Phi) is 3.00. The first-order valence-electron chi connectivity index (χ1n) is 5.18. The van der Waals surface area contributed by atoms with Crippen LogP contribution in [0.15, 0.2) is 30.3 Å². The fourth-order valence-corrected chi connectivity index (χ4v) is 3.43. The molecule has 3 heteroatoms. The second kappa shape index (κ2) is 4.27. The number of benzene rings is 1. The van der Waals surface area contributed by atoms with Gasteiger partial charge in [-0.15, -0.1) is 11.8 Å². The van der Waals surface area contributed by atoms with E-state index in [0.717, 1.165) is 30.6 Å². The molecule has 1 unspecified atom stereocenters. The summed E-state index contributed by atoms with van der Waals surface area (Å²) in [4.78, 5) is 11.5. The molecule has 1 heterocycles. The molecule has 1 aliphatic rings. The van der Waals surface area contributed by atoms with Crippen molar-refractivity contribution < 1.29 is 9.90 Å². The molecule has 1 atom stereocenters. The number of aliphatic carboxylic acids is 1. The SMILES string of the molecule is O=C(O)C1(c2ccccc2)CCCCS1. The van der Waals surface area contributed by atoms with Crippen LogP contribution in [-0.4, -0.2) is 16.8 Å². The Morgan fingerprint density at radius 1 is 1.27 bits per heavy atom. The highest BCUT2D eigenvalue weighted by Crippen LogP contribution is 2.45. The van der Waals surface area contributed by atoms with Crippen molar-refractivity contribution in [2.45, 2.75) is 24.0 Å². The van der Waals surface area contributed by atoms with E-state index in [0.29, 0.717) is 0 Å². The van der Waals surface area contributed by atoms with Gasteiger partial charge < -0.3 is 5.11 Å². The van der Waals surface area contributed by atoms with Gasteiger partial charge in [0.05, 0.1) is 0 Å². The summed E-state index contributed by atoms with van der Waals surface area (Å²) in [6.45, 7) is 0. The molecule has 0 radical (unpaired) electrons. The Labute approximate surface area is 93.7 Å². The fraction of sp³-hybridized carbons (Fsp3) is 0.417. The van der Waals surface area contributed by atoms with Crippen LogP contribution in [-0.2, 0) is 9.54 Å². The third kappa shape index (κ3) is 1.88. The van der Waals surface area contributed by atoms with Crippen molar-refractivity contribution in [1.29, 1.82) is 0 Å². The van der Waals surface area contributed by atoms with E-state index in [1.54, 1.807) is 11.8 Å². The van der Waals surface area contributed by atoms with Gasteiger partial charge in [-0.2, -0.15) is 0 Å². The highest BCUT2D eigenvalue weighted by molar-refractivity contribution is 8.01. The molecule has 0 amide bonds. The van der Waals surface area contributed by atoms with E-state index in [2.05, 4.69) is 0 Å². The molecule has 1 aromatic rings. The van der Waals surface area contributed by atoms with Gasteiger partial charge in [0.25, 0.3) is 0 Å². The van der Waals surface area contributed by atoms with Crippen LogP contribution in [0.4, 0.5) is 0 Å². The molecule has 1 fully saturated rings. The lowest BCUT2D eigenvalue weighted by molar-refractivity contribution is -0.140. The van der Waals surface area contributed by atoms with Gasteiger partial charge in [-0.05, 0) is 24.2 Å². The monoisotopic (exact) mass is 222 g/mol. The standard InChI is InChI=1S/C12H14O2S/c13-11(14)12(8-4-5-9-15-12)10-6-2-1-3-7-10/h1-3,6-7H,4-5,8-9H2,(H,13,14). The summed E-state index contributed by atoms with van der Waals surface area (Å²) in [6.07, 6.45) is 2.89. The molecule has 0 bridgehead atoms. The number of carboxylic acid groups (broad SMARTS) is 1. The summed E-state index contributed by atoms with van der Waals surface area (Å²) >= 11 is 1.57. The van der Waals surface area contributed by atoms with Crippen molar-refractivity contribution in [2.24, 2.45) is 0 Å². The Morgan fingerprint density at radius 3 is 2.53 bits per heavy atom. The maximum Gasteiger partial charge on any atom is 0.324 e. The summed E-state index contributed by atoms with van der Waals surface area (Å²) in [7, 11) is 0. The molecule has 2 nitrogen and oxygen atoms in total. The molecule has 80 valence electrons. The average molecular weight is 222 g/mol. The van der Waals surface area contributed by atoms with Gasteiger partial charge in [-0.1, -0.05) is 36.8 Å². The first kappa shape index (κ1) is 10.6. The first-order chi connectivity index (χ1) is 7.26. The zero-order valence-electron chi connectivity index (χ0n) is 8.48. The highest BCUT2D eigenvalue weighted by Gasteiger charge is 2.41. The summed E-state index contributed by atoms with van der Waals surface area (Å²) in [6, 6.07) is 9.59. The van der Waals surface area contributed by atoms with Crippen molar-refractivity contribution in [1.82, 2.24) is 0 Å². The molecule has 1 saturated heterocycles. The summed E-state index contributed by atoms with van der Waals surface area (Å²) in [5, 5.41) is 9.42. The average Bonchev–Trinajstić information content (AvgIpc) is 2.31. The van der Waals surface area contributed by atoms with E-state index in [9.17, 15) is 9.90 Å². The van der Waals surface area contributed by atoms with Crippen LogP contribution in [0.1, 0.15) is 24.8 Å². The molecule has 1 aliphatic heterocycles. The second-order valence-electron chi connectivity index (χ2n) is 3.80. The number of rotatable bonds is 2. The second-order valence-corrected chi connectivity index (χ2v) is 5.20. The van der Waals surface area contributed by atoms with Crippen LogP contribution < -0.4 is 0 Å². The minimum atomic E-state index is -0.696. The first-order valence-corrected chi connectivity index (χ1v) is 6.17. The van der Waals surface area contributed by atoms with E-state index < -0.39 is 10.7 Å². The van der Waals surface area contributed by atoms with Gasteiger partial charge in [0.1, 0.15) is 4.75 Å². The van der Waals surface area contributed by atoms with Crippen LogP contribution in [0.2, 0.25) is 0 Å². The number of thioether (sulfide) groups is 1. The van der Waals surface area contributed by atoms with Gasteiger partial charge in [0, 0.05) is 0 Å². The lowest BCUT2D eigenvalue weighted by Gasteiger charge is -2.32. The van der Waals surface area contributed by atoms with Crippen molar-refractivity contribution in [3.63, 3.8) is 0 Å². The van der Waals surface area contributed by atoms with Crippen LogP contribution in [0, 0.1) is 0 Å². The Hall–Kier alpha value is -0.960. The zero-order valence-corrected chi connectivity index (χ0v) is 9.30. The normalized spacial score (nSPS) is 26.1. The van der Waals surface area contributed by atoms with Crippen molar-refractivity contribution in [3.8, 4) is 0 Å². The predicted molar refractivity (Wildman–Crippen MR) is 62.1 cm³/mol. The van der Waals surface area contributed by atoms with E-state index in [-0.39, 0.29) is 0 Å². The maximum absolute atomic E-state index is 11.5. The topological polar surface area (TPSA) is 37.3 Å². The summed E-state index contributed by atoms with van der Waals surface area (Å²) in [5.74, 6) is 0.250. The molecule has 1 N–H and O–H groups in total. The Balaban J connectivity index is 2.38. The summed E-state index contributed by atoms with van der Waals surface area (Å²) in [5.41, 5.74) is 0.933. The third-order valence-electron chi connectivity index (χ3n) is 2.86. The van der Waals surface area contributed by atoms with Gasteiger partial charge in [-0.3, -0.25) is 4.79 Å².